The quantitative estimate of drug-likeness (QED) is 0.231. The minimum atomic E-state index is -4.67. The van der Waals surface area contributed by atoms with Crippen LogP contribution in [-0.4, -0.2) is 34.7 Å². The van der Waals surface area contributed by atoms with Crippen LogP contribution >= 0.6 is 11.6 Å². The molecule has 4 aromatic heterocycles. The van der Waals surface area contributed by atoms with Crippen molar-refractivity contribution in [1.29, 1.82) is 0 Å². The molecule has 0 spiro atoms. The van der Waals surface area contributed by atoms with E-state index in [1.807, 2.05) is 13.0 Å². The van der Waals surface area contributed by atoms with E-state index in [9.17, 15) is 18.0 Å². The number of alkyl halides is 3. The van der Waals surface area contributed by atoms with Crippen LogP contribution in [0.4, 0.5) is 17.6 Å². The van der Waals surface area contributed by atoms with E-state index in [4.69, 9.17) is 16.1 Å². The summed E-state index contributed by atoms with van der Waals surface area (Å²) in [5, 5.41) is 12.0. The van der Waals surface area contributed by atoms with Crippen LogP contribution in [-0.2, 0) is 6.18 Å². The average Bonchev–Trinajstić information content (AvgIpc) is 3.30. The van der Waals surface area contributed by atoms with Crippen LogP contribution in [0.1, 0.15) is 41.2 Å². The summed E-state index contributed by atoms with van der Waals surface area (Å²) in [7, 11) is 0. The van der Waals surface area contributed by atoms with Crippen LogP contribution in [0.2, 0.25) is 5.02 Å². The molecule has 1 N–H and O–H groups in total. The number of fused-ring (bicyclic) bond motifs is 4. The Morgan fingerprint density at radius 1 is 1.09 bits per heavy atom. The number of hydrogen-bond donors (Lipinski definition) is 1. The Morgan fingerprint density at radius 3 is 2.72 bits per heavy atom. The third-order valence-electron chi connectivity index (χ3n) is 8.21. The molecule has 0 amide bonds. The molecule has 0 bridgehead atoms. The van der Waals surface area contributed by atoms with Crippen molar-refractivity contribution in [3.63, 3.8) is 0 Å². The molecule has 0 saturated heterocycles. The van der Waals surface area contributed by atoms with Crippen molar-refractivity contribution < 1.29 is 22.1 Å². The number of aromatic amines is 1. The number of nitrogens with one attached hydrogen (secondary N) is 1. The Morgan fingerprint density at radius 2 is 1.93 bits per heavy atom. The number of imidazole rings is 1. The molecule has 3 unspecified atom stereocenters. The number of aromatic nitrogens is 7. The van der Waals surface area contributed by atoms with Gasteiger partial charge in [0, 0.05) is 39.2 Å². The molecular formula is C29H18ClF4N7O2. The normalized spacial score (nSPS) is 19.2. The van der Waals surface area contributed by atoms with Crippen molar-refractivity contribution in [2.75, 3.05) is 0 Å². The molecule has 3 atom stereocenters. The predicted octanol–water partition coefficient (Wildman–Crippen LogP) is 6.45. The second-order valence-electron chi connectivity index (χ2n) is 10.8. The second-order valence-corrected chi connectivity index (χ2v) is 11.2. The molecule has 2 aromatic carbocycles. The Bertz CT molecular complexity index is 2160. The molecule has 216 valence electrons. The van der Waals surface area contributed by atoms with E-state index in [0.29, 0.717) is 38.8 Å². The first-order chi connectivity index (χ1) is 20.6. The Labute approximate surface area is 243 Å². The standard InChI is InChI=1S/C29H18ClF4N7O2/c1-12-16-4-2-13(7-22(16)43-38-12)28-35-25(27(31)36-28)26-19-10-18(19)21-6-14(8-24(42)41(21)26)17-9-15(30)3-5-20(17)40-11-23(37-39-40)29(32,33)34/h2-9,11,18-19,26H,10H2,1H3,(H,35,36). The van der Waals surface area contributed by atoms with Crippen molar-refractivity contribution in [2.24, 2.45) is 5.92 Å². The van der Waals surface area contributed by atoms with Gasteiger partial charge >= 0.3 is 6.18 Å². The van der Waals surface area contributed by atoms with Gasteiger partial charge in [-0.05, 0) is 61.2 Å². The highest BCUT2D eigenvalue weighted by Gasteiger charge is 2.54. The summed E-state index contributed by atoms with van der Waals surface area (Å²) in [5.41, 5.74) is 2.38. The summed E-state index contributed by atoms with van der Waals surface area (Å²) < 4.78 is 62.9. The van der Waals surface area contributed by atoms with Crippen molar-refractivity contribution >= 4 is 22.6 Å². The molecule has 43 heavy (non-hydrogen) atoms. The van der Waals surface area contributed by atoms with Crippen molar-refractivity contribution in [2.45, 2.75) is 31.5 Å². The van der Waals surface area contributed by atoms with Crippen LogP contribution in [0.3, 0.4) is 0 Å². The lowest BCUT2D eigenvalue weighted by atomic mass is 10.0. The molecule has 1 saturated carbocycles. The zero-order valence-electron chi connectivity index (χ0n) is 22.0. The average molecular weight is 608 g/mol. The van der Waals surface area contributed by atoms with Crippen molar-refractivity contribution in [3.8, 4) is 28.2 Å². The molecule has 1 aliphatic heterocycles. The molecular weight excluding hydrogens is 590 g/mol. The van der Waals surface area contributed by atoms with Gasteiger partial charge in [-0.15, -0.1) is 5.10 Å². The van der Waals surface area contributed by atoms with Crippen LogP contribution in [0.5, 0.6) is 0 Å². The number of pyridine rings is 1. The van der Waals surface area contributed by atoms with Crippen LogP contribution < -0.4 is 5.56 Å². The van der Waals surface area contributed by atoms with Gasteiger partial charge in [0.1, 0.15) is 5.82 Å². The molecule has 9 nitrogen and oxygen atoms in total. The SMILES string of the molecule is Cc1noc2cc(-c3nc(F)c(C4C5CC5c5cc(-c6cc(Cl)ccc6-n6cc(C(F)(F)F)nn6)cc(=O)n54)[nH]3)ccc12. The zero-order chi connectivity index (χ0) is 29.8. The highest BCUT2D eigenvalue weighted by Crippen LogP contribution is 2.61. The summed E-state index contributed by atoms with van der Waals surface area (Å²) in [6, 6.07) is 12.5. The highest BCUT2D eigenvalue weighted by molar-refractivity contribution is 6.31. The number of rotatable bonds is 4. The zero-order valence-corrected chi connectivity index (χ0v) is 22.8. The lowest BCUT2D eigenvalue weighted by Gasteiger charge is -2.18. The molecule has 1 aliphatic carbocycles. The van der Waals surface area contributed by atoms with E-state index in [1.165, 1.54) is 18.2 Å². The summed E-state index contributed by atoms with van der Waals surface area (Å²) in [6.07, 6.45) is -3.15. The summed E-state index contributed by atoms with van der Waals surface area (Å²) in [5.74, 6) is -0.419. The van der Waals surface area contributed by atoms with E-state index < -0.39 is 23.9 Å². The Kier molecular flexibility index (Phi) is 5.34. The van der Waals surface area contributed by atoms with Gasteiger partial charge in [0.25, 0.3) is 5.56 Å². The number of hydrogen-bond acceptors (Lipinski definition) is 6. The van der Waals surface area contributed by atoms with E-state index in [-0.39, 0.29) is 28.8 Å². The molecule has 5 heterocycles. The lowest BCUT2D eigenvalue weighted by Crippen LogP contribution is -2.26. The van der Waals surface area contributed by atoms with Crippen LogP contribution in [0.15, 0.2) is 64.0 Å². The second kappa shape index (κ2) is 8.86. The van der Waals surface area contributed by atoms with Gasteiger partial charge in [0.05, 0.1) is 29.3 Å². The first-order valence-corrected chi connectivity index (χ1v) is 13.6. The van der Waals surface area contributed by atoms with Crippen molar-refractivity contribution in [1.82, 2.24) is 34.7 Å². The smallest absolute Gasteiger partial charge is 0.356 e. The lowest BCUT2D eigenvalue weighted by molar-refractivity contribution is -0.141. The largest absolute Gasteiger partial charge is 0.436 e. The third-order valence-corrected chi connectivity index (χ3v) is 8.44. The fourth-order valence-corrected chi connectivity index (χ4v) is 6.31. The van der Waals surface area contributed by atoms with Crippen LogP contribution in [0.25, 0.3) is 39.2 Å². The number of halogens is 5. The number of nitrogens with zero attached hydrogens (tertiary/aromatic N) is 6. The number of H-pyrrole nitrogens is 1. The maximum Gasteiger partial charge on any atom is 0.436 e. The number of benzene rings is 2. The van der Waals surface area contributed by atoms with E-state index in [2.05, 4.69) is 25.4 Å². The maximum atomic E-state index is 15.4. The molecule has 8 rings (SSSR count). The third kappa shape index (κ3) is 4.02. The minimum Gasteiger partial charge on any atom is -0.356 e. The molecule has 14 heteroatoms. The van der Waals surface area contributed by atoms with Gasteiger partial charge in [-0.25, -0.2) is 9.67 Å². The van der Waals surface area contributed by atoms with Gasteiger partial charge in [0.2, 0.25) is 5.95 Å². The summed E-state index contributed by atoms with van der Waals surface area (Å²) in [4.78, 5) is 20.9. The van der Waals surface area contributed by atoms with Crippen molar-refractivity contribution in [3.05, 3.63) is 98.8 Å². The van der Waals surface area contributed by atoms with Gasteiger partial charge < -0.3 is 14.1 Å². The first-order valence-electron chi connectivity index (χ1n) is 13.2. The van der Waals surface area contributed by atoms with Gasteiger partial charge in [-0.3, -0.25) is 4.79 Å². The molecule has 1 fully saturated rings. The Balaban J connectivity index is 1.20. The Hall–Kier alpha value is -4.78. The predicted molar refractivity (Wildman–Crippen MR) is 146 cm³/mol. The van der Waals surface area contributed by atoms with E-state index in [0.717, 1.165) is 28.4 Å². The maximum absolute atomic E-state index is 15.4. The van der Waals surface area contributed by atoms with E-state index >= 15 is 4.39 Å². The van der Waals surface area contributed by atoms with Gasteiger partial charge in [-0.2, -0.15) is 17.6 Å². The topological polar surface area (TPSA) is 107 Å². The van der Waals surface area contributed by atoms with Crippen LogP contribution in [0, 0.1) is 18.8 Å². The molecule has 2 aliphatic rings. The van der Waals surface area contributed by atoms with Gasteiger partial charge in [-0.1, -0.05) is 28.0 Å². The fraction of sp³-hybridized carbons (Fsp3) is 0.207. The summed E-state index contributed by atoms with van der Waals surface area (Å²) in [6.45, 7) is 1.83. The van der Waals surface area contributed by atoms with Gasteiger partial charge in [0.15, 0.2) is 11.3 Å². The fourth-order valence-electron chi connectivity index (χ4n) is 6.14. The molecule has 6 aromatic rings. The first kappa shape index (κ1) is 25.9. The number of aryl methyl sites for hydroxylation is 1. The molecule has 0 radical (unpaired) electrons. The highest BCUT2D eigenvalue weighted by atomic mass is 35.5. The summed E-state index contributed by atoms with van der Waals surface area (Å²) >= 11 is 6.26. The van der Waals surface area contributed by atoms with E-state index in [1.54, 1.807) is 28.8 Å². The monoisotopic (exact) mass is 607 g/mol. The minimum absolute atomic E-state index is 0.00292.